The van der Waals surface area contributed by atoms with Crippen molar-refractivity contribution < 1.29 is 33.8 Å². The third-order valence-electron chi connectivity index (χ3n) is 6.68. The normalized spacial score (nSPS) is 17.2. The molecular formula is C26H40N4O7. The number of rotatable bonds is 13. The molecule has 0 saturated carbocycles. The van der Waals surface area contributed by atoms with E-state index in [-0.39, 0.29) is 23.0 Å². The number of carboxylic acids is 1. The number of imide groups is 1. The van der Waals surface area contributed by atoms with Crippen LogP contribution < -0.4 is 11.5 Å². The fourth-order valence-electron chi connectivity index (χ4n) is 4.77. The molecule has 1 saturated heterocycles. The van der Waals surface area contributed by atoms with Crippen molar-refractivity contribution in [2.75, 3.05) is 27.3 Å². The van der Waals surface area contributed by atoms with Gasteiger partial charge in [0.25, 0.3) is 11.8 Å². The summed E-state index contributed by atoms with van der Waals surface area (Å²) in [5.41, 5.74) is 11.3. The van der Waals surface area contributed by atoms with Crippen LogP contribution in [0, 0.1) is 5.92 Å². The molecule has 0 aliphatic carbocycles. The SMILES string of the molecule is COC(OC)[C@H](C(C)C)N(C(=O)c1ccccc1C(=O)O)C(=O)[C@@H]1CCCN1C(=O)[C@@H](N)CCCCN. The zero-order chi connectivity index (χ0) is 27.7. The fraction of sp³-hybridized carbons (Fsp3) is 0.615. The lowest BCUT2D eigenvalue weighted by molar-refractivity contribution is -0.166. The van der Waals surface area contributed by atoms with E-state index in [2.05, 4.69) is 0 Å². The summed E-state index contributed by atoms with van der Waals surface area (Å²) in [6.45, 7) is 4.43. The number of hydrogen-bond acceptors (Lipinski definition) is 8. The molecule has 11 nitrogen and oxygen atoms in total. The summed E-state index contributed by atoms with van der Waals surface area (Å²) in [6.07, 6.45) is 1.79. The van der Waals surface area contributed by atoms with Crippen molar-refractivity contribution in [3.63, 3.8) is 0 Å². The Bertz CT molecular complexity index is 951. The van der Waals surface area contributed by atoms with E-state index >= 15 is 0 Å². The Morgan fingerprint density at radius 1 is 1.11 bits per heavy atom. The smallest absolute Gasteiger partial charge is 0.336 e. The predicted octanol–water partition coefficient (Wildman–Crippen LogP) is 1.44. The second-order valence-electron chi connectivity index (χ2n) is 9.52. The zero-order valence-corrected chi connectivity index (χ0v) is 22.1. The van der Waals surface area contributed by atoms with Gasteiger partial charge >= 0.3 is 5.97 Å². The Morgan fingerprint density at radius 3 is 2.27 bits per heavy atom. The van der Waals surface area contributed by atoms with Crippen LogP contribution in [-0.2, 0) is 19.1 Å². The topological polar surface area (TPSA) is 165 Å². The van der Waals surface area contributed by atoms with Crippen molar-refractivity contribution in [2.45, 2.75) is 70.4 Å². The maximum Gasteiger partial charge on any atom is 0.336 e. The van der Waals surface area contributed by atoms with Gasteiger partial charge in [-0.25, -0.2) is 4.79 Å². The summed E-state index contributed by atoms with van der Waals surface area (Å²) >= 11 is 0. The van der Waals surface area contributed by atoms with Crippen molar-refractivity contribution in [1.82, 2.24) is 9.80 Å². The minimum Gasteiger partial charge on any atom is -0.478 e. The van der Waals surface area contributed by atoms with Gasteiger partial charge in [0.2, 0.25) is 5.91 Å². The third kappa shape index (κ3) is 7.13. The van der Waals surface area contributed by atoms with Gasteiger partial charge in [-0.1, -0.05) is 32.4 Å². The Hall–Kier alpha value is -2.86. The van der Waals surface area contributed by atoms with Gasteiger partial charge in [-0.2, -0.15) is 0 Å². The van der Waals surface area contributed by atoms with E-state index in [1.165, 1.54) is 43.4 Å². The van der Waals surface area contributed by atoms with Crippen LogP contribution in [0.2, 0.25) is 0 Å². The number of amides is 3. The Morgan fingerprint density at radius 2 is 1.73 bits per heavy atom. The van der Waals surface area contributed by atoms with Crippen molar-refractivity contribution in [3.05, 3.63) is 35.4 Å². The maximum absolute atomic E-state index is 14.1. The molecular weight excluding hydrogens is 480 g/mol. The first-order valence-electron chi connectivity index (χ1n) is 12.6. The lowest BCUT2D eigenvalue weighted by atomic mass is 9.97. The number of carboxylic acid groups (broad SMARTS) is 1. The molecule has 2 rings (SSSR count). The second kappa shape index (κ2) is 14.2. The summed E-state index contributed by atoms with van der Waals surface area (Å²) in [6, 6.07) is 3.09. The van der Waals surface area contributed by atoms with Gasteiger partial charge in [0.1, 0.15) is 6.04 Å². The minimum atomic E-state index is -1.30. The summed E-state index contributed by atoms with van der Waals surface area (Å²) in [4.78, 5) is 55.6. The largest absolute Gasteiger partial charge is 0.478 e. The van der Waals surface area contributed by atoms with Crippen LogP contribution in [0.3, 0.4) is 0 Å². The van der Waals surface area contributed by atoms with Gasteiger partial charge < -0.3 is 30.9 Å². The summed E-state index contributed by atoms with van der Waals surface area (Å²) in [5.74, 6) is -3.40. The second-order valence-corrected chi connectivity index (χ2v) is 9.52. The van der Waals surface area contributed by atoms with E-state index in [0.717, 1.165) is 11.3 Å². The number of benzene rings is 1. The molecule has 5 N–H and O–H groups in total. The van der Waals surface area contributed by atoms with E-state index in [1.807, 2.05) is 0 Å². The van der Waals surface area contributed by atoms with Crippen molar-refractivity contribution >= 4 is 23.7 Å². The number of nitrogens with zero attached hydrogens (tertiary/aromatic N) is 2. The molecule has 0 unspecified atom stereocenters. The van der Waals surface area contributed by atoms with Gasteiger partial charge in [-0.3, -0.25) is 19.3 Å². The van der Waals surface area contributed by atoms with Crippen molar-refractivity contribution in [2.24, 2.45) is 17.4 Å². The molecule has 1 fully saturated rings. The number of nitrogens with two attached hydrogens (primary N) is 2. The van der Waals surface area contributed by atoms with E-state index in [0.29, 0.717) is 38.8 Å². The molecule has 1 aliphatic rings. The van der Waals surface area contributed by atoms with Crippen LogP contribution in [0.5, 0.6) is 0 Å². The quantitative estimate of drug-likeness (QED) is 0.198. The van der Waals surface area contributed by atoms with Crippen LogP contribution in [0.25, 0.3) is 0 Å². The molecule has 0 spiro atoms. The lowest BCUT2D eigenvalue weighted by Gasteiger charge is -2.39. The molecule has 1 heterocycles. The summed E-state index contributed by atoms with van der Waals surface area (Å²) in [5, 5.41) is 9.68. The lowest BCUT2D eigenvalue weighted by Crippen LogP contribution is -2.59. The maximum atomic E-state index is 14.1. The Labute approximate surface area is 218 Å². The van der Waals surface area contributed by atoms with E-state index in [1.54, 1.807) is 13.8 Å². The standard InChI is InChI=1S/C26H40N4O7/c1-16(2)21(26(36-3)37-4)30(22(31)17-10-5-6-11-18(17)25(34)35)24(33)20-13-9-15-29(20)23(32)19(28)12-7-8-14-27/h5-6,10-11,16,19-21,26H,7-9,12-15,27-28H2,1-4H3,(H,34,35)/t19-,20-,21-/m0/s1. The van der Waals surface area contributed by atoms with Crippen LogP contribution >= 0.6 is 0 Å². The number of unbranched alkanes of at least 4 members (excludes halogenated alkanes) is 1. The van der Waals surface area contributed by atoms with Crippen LogP contribution in [0.15, 0.2) is 24.3 Å². The molecule has 1 aliphatic heterocycles. The third-order valence-corrected chi connectivity index (χ3v) is 6.68. The number of carbonyl (C=O) groups is 4. The molecule has 37 heavy (non-hydrogen) atoms. The number of likely N-dealkylation sites (tertiary alicyclic amines) is 1. The van der Waals surface area contributed by atoms with Gasteiger partial charge in [0.15, 0.2) is 6.29 Å². The van der Waals surface area contributed by atoms with Crippen LogP contribution in [0.4, 0.5) is 0 Å². The molecule has 0 bridgehead atoms. The molecule has 3 atom stereocenters. The fourth-order valence-corrected chi connectivity index (χ4v) is 4.77. The highest BCUT2D eigenvalue weighted by Crippen LogP contribution is 2.28. The molecule has 0 radical (unpaired) electrons. The molecule has 1 aromatic rings. The van der Waals surface area contributed by atoms with Gasteiger partial charge in [-0.05, 0) is 50.3 Å². The van der Waals surface area contributed by atoms with E-state index in [9.17, 15) is 24.3 Å². The average Bonchev–Trinajstić information content (AvgIpc) is 3.37. The monoisotopic (exact) mass is 520 g/mol. The van der Waals surface area contributed by atoms with E-state index < -0.39 is 42.2 Å². The zero-order valence-electron chi connectivity index (χ0n) is 22.1. The van der Waals surface area contributed by atoms with Crippen molar-refractivity contribution in [3.8, 4) is 0 Å². The summed E-state index contributed by atoms with van der Waals surface area (Å²) < 4.78 is 10.9. The highest BCUT2D eigenvalue weighted by Gasteiger charge is 2.45. The Kier molecular flexibility index (Phi) is 11.6. The average molecular weight is 521 g/mol. The first-order chi connectivity index (χ1) is 17.6. The first-order valence-corrected chi connectivity index (χ1v) is 12.6. The molecule has 0 aromatic heterocycles. The number of carbonyl (C=O) groups excluding carboxylic acids is 3. The molecule has 206 valence electrons. The minimum absolute atomic E-state index is 0.144. The van der Waals surface area contributed by atoms with E-state index in [4.69, 9.17) is 20.9 Å². The van der Waals surface area contributed by atoms with Gasteiger partial charge in [0, 0.05) is 20.8 Å². The Balaban J connectivity index is 2.52. The predicted molar refractivity (Wildman–Crippen MR) is 137 cm³/mol. The number of ether oxygens (including phenoxy) is 2. The van der Waals surface area contributed by atoms with Gasteiger partial charge in [-0.15, -0.1) is 0 Å². The number of hydrogen-bond donors (Lipinski definition) is 3. The van der Waals surface area contributed by atoms with Gasteiger partial charge in [0.05, 0.1) is 23.2 Å². The van der Waals surface area contributed by atoms with Crippen LogP contribution in [0.1, 0.15) is 66.7 Å². The number of aromatic carboxylic acids is 1. The molecule has 1 aromatic carbocycles. The number of methoxy groups -OCH3 is 2. The van der Waals surface area contributed by atoms with Crippen molar-refractivity contribution in [1.29, 1.82) is 0 Å². The highest BCUT2D eigenvalue weighted by atomic mass is 16.7. The molecule has 11 heteroatoms. The summed E-state index contributed by atoms with van der Waals surface area (Å²) in [7, 11) is 2.79. The molecule has 3 amide bonds. The first kappa shape index (κ1) is 30.4. The highest BCUT2D eigenvalue weighted by molar-refractivity contribution is 6.11. The van der Waals surface area contributed by atoms with Crippen LogP contribution in [-0.4, -0.2) is 90.3 Å².